The molecule has 6 heteroatoms. The van der Waals surface area contributed by atoms with E-state index in [-0.39, 0.29) is 10.6 Å². The normalized spacial score (nSPS) is 11.7. The van der Waals surface area contributed by atoms with E-state index in [0.29, 0.717) is 22.9 Å². The molecule has 0 fully saturated rings. The number of aromatic nitrogens is 1. The molecule has 0 atom stereocenters. The summed E-state index contributed by atoms with van der Waals surface area (Å²) in [7, 11) is -3.99. The smallest absolute Gasteiger partial charge is 0.353 e. The molecular weight excluding hydrogens is 314 g/mol. The number of nitrogens with zero attached hydrogens (tertiary/aromatic N) is 1. The Balaban J connectivity index is 2.47. The van der Waals surface area contributed by atoms with E-state index in [1.54, 1.807) is 42.5 Å². The van der Waals surface area contributed by atoms with Gasteiger partial charge in [0.05, 0.1) is 10.4 Å². The van der Waals surface area contributed by atoms with E-state index < -0.39 is 16.0 Å². The molecule has 23 heavy (non-hydrogen) atoms. The van der Waals surface area contributed by atoms with Gasteiger partial charge in [-0.1, -0.05) is 43.3 Å². The summed E-state index contributed by atoms with van der Waals surface area (Å²) < 4.78 is 26.9. The number of benzene rings is 2. The molecule has 1 heterocycles. The zero-order valence-corrected chi connectivity index (χ0v) is 13.2. The van der Waals surface area contributed by atoms with Crippen molar-refractivity contribution in [2.45, 2.75) is 18.2 Å². The van der Waals surface area contributed by atoms with E-state index in [1.165, 1.54) is 12.1 Å². The zero-order chi connectivity index (χ0) is 16.6. The molecule has 0 aliphatic carbocycles. The fourth-order valence-electron chi connectivity index (χ4n) is 2.80. The van der Waals surface area contributed by atoms with Crippen LogP contribution in [0.2, 0.25) is 0 Å². The Bertz CT molecular complexity index is 988. The SMILES string of the molecule is CCc1c(C(=O)O)n(S(=O)(=O)c2ccccc2)c2ccccc12. The molecule has 0 radical (unpaired) electrons. The first-order valence-corrected chi connectivity index (χ1v) is 8.58. The molecule has 118 valence electrons. The number of aryl methyl sites for hydroxylation is 1. The summed E-state index contributed by atoms with van der Waals surface area (Å²) in [6.45, 7) is 1.81. The molecule has 0 aliphatic heterocycles. The quantitative estimate of drug-likeness (QED) is 0.798. The minimum Gasteiger partial charge on any atom is -0.477 e. The van der Waals surface area contributed by atoms with Crippen molar-refractivity contribution in [3.05, 3.63) is 65.9 Å². The third-order valence-electron chi connectivity index (χ3n) is 3.77. The zero-order valence-electron chi connectivity index (χ0n) is 12.4. The highest BCUT2D eigenvalue weighted by Crippen LogP contribution is 2.30. The van der Waals surface area contributed by atoms with Crippen LogP contribution >= 0.6 is 0 Å². The maximum atomic E-state index is 13.0. The summed E-state index contributed by atoms with van der Waals surface area (Å²) in [6, 6.07) is 14.7. The van der Waals surface area contributed by atoms with Crippen LogP contribution < -0.4 is 0 Å². The maximum absolute atomic E-state index is 13.0. The van der Waals surface area contributed by atoms with Crippen LogP contribution in [0.4, 0.5) is 0 Å². The van der Waals surface area contributed by atoms with Crippen molar-refractivity contribution >= 4 is 26.9 Å². The van der Waals surface area contributed by atoms with Gasteiger partial charge in [0.25, 0.3) is 10.0 Å². The van der Waals surface area contributed by atoms with E-state index in [1.807, 2.05) is 6.92 Å². The van der Waals surface area contributed by atoms with Gasteiger partial charge in [-0.2, -0.15) is 0 Å². The van der Waals surface area contributed by atoms with E-state index in [4.69, 9.17) is 0 Å². The number of aromatic carboxylic acids is 1. The summed E-state index contributed by atoms with van der Waals surface area (Å²) in [6.07, 6.45) is 0.430. The number of carboxylic acid groups (broad SMARTS) is 1. The van der Waals surface area contributed by atoms with Crippen LogP contribution in [0, 0.1) is 0 Å². The van der Waals surface area contributed by atoms with Gasteiger partial charge < -0.3 is 5.11 Å². The summed E-state index contributed by atoms with van der Waals surface area (Å²) in [4.78, 5) is 11.8. The number of para-hydroxylation sites is 1. The van der Waals surface area contributed by atoms with Crippen molar-refractivity contribution in [2.24, 2.45) is 0 Å². The van der Waals surface area contributed by atoms with Crippen LogP contribution in [0.3, 0.4) is 0 Å². The van der Waals surface area contributed by atoms with Crippen molar-refractivity contribution in [3.8, 4) is 0 Å². The molecule has 1 N–H and O–H groups in total. The Kier molecular flexibility index (Phi) is 3.69. The molecule has 0 amide bonds. The van der Waals surface area contributed by atoms with Crippen LogP contribution in [0.5, 0.6) is 0 Å². The fraction of sp³-hybridized carbons (Fsp3) is 0.118. The Labute approximate surface area is 133 Å². The molecule has 0 aliphatic rings. The van der Waals surface area contributed by atoms with Crippen LogP contribution in [-0.4, -0.2) is 23.5 Å². The molecule has 0 unspecified atom stereocenters. The predicted molar refractivity (Wildman–Crippen MR) is 87.3 cm³/mol. The van der Waals surface area contributed by atoms with Gasteiger partial charge in [-0.15, -0.1) is 0 Å². The van der Waals surface area contributed by atoms with Gasteiger partial charge in [-0.3, -0.25) is 0 Å². The summed E-state index contributed by atoms with van der Waals surface area (Å²) in [5.74, 6) is -1.25. The highest BCUT2D eigenvalue weighted by molar-refractivity contribution is 7.90. The van der Waals surface area contributed by atoms with Crippen molar-refractivity contribution < 1.29 is 18.3 Å². The lowest BCUT2D eigenvalue weighted by Gasteiger charge is -2.10. The Hall–Kier alpha value is -2.60. The Morgan fingerprint density at radius 2 is 1.65 bits per heavy atom. The van der Waals surface area contributed by atoms with Crippen LogP contribution in [-0.2, 0) is 16.4 Å². The monoisotopic (exact) mass is 329 g/mol. The molecule has 3 rings (SSSR count). The van der Waals surface area contributed by atoms with Crippen molar-refractivity contribution in [2.75, 3.05) is 0 Å². The minimum absolute atomic E-state index is 0.0610. The summed E-state index contributed by atoms with van der Waals surface area (Å²) >= 11 is 0. The van der Waals surface area contributed by atoms with Crippen molar-refractivity contribution in [1.29, 1.82) is 0 Å². The number of fused-ring (bicyclic) bond motifs is 1. The van der Waals surface area contributed by atoms with Gasteiger partial charge >= 0.3 is 5.97 Å². The second-order valence-corrected chi connectivity index (χ2v) is 6.87. The van der Waals surface area contributed by atoms with Gasteiger partial charge in [-0.05, 0) is 30.2 Å². The number of carbonyl (C=O) groups is 1. The van der Waals surface area contributed by atoms with Gasteiger partial charge in [0.2, 0.25) is 0 Å². The number of carboxylic acids is 1. The predicted octanol–water partition coefficient (Wildman–Crippen LogP) is 3.14. The lowest BCUT2D eigenvalue weighted by Crippen LogP contribution is -2.19. The molecule has 0 bridgehead atoms. The van der Waals surface area contributed by atoms with Crippen LogP contribution in [0.15, 0.2) is 59.5 Å². The number of hydrogen-bond donors (Lipinski definition) is 1. The van der Waals surface area contributed by atoms with Gasteiger partial charge in [0.1, 0.15) is 5.69 Å². The van der Waals surface area contributed by atoms with E-state index in [2.05, 4.69) is 0 Å². The van der Waals surface area contributed by atoms with Gasteiger partial charge in [0, 0.05) is 5.39 Å². The van der Waals surface area contributed by atoms with E-state index in [0.717, 1.165) is 3.97 Å². The second kappa shape index (κ2) is 5.55. The topological polar surface area (TPSA) is 76.4 Å². The molecule has 5 nitrogen and oxygen atoms in total. The maximum Gasteiger partial charge on any atom is 0.353 e. The fourth-order valence-corrected chi connectivity index (χ4v) is 4.36. The highest BCUT2D eigenvalue weighted by atomic mass is 32.2. The number of hydrogen-bond acceptors (Lipinski definition) is 3. The molecule has 0 spiro atoms. The average molecular weight is 329 g/mol. The Morgan fingerprint density at radius 1 is 1.04 bits per heavy atom. The third-order valence-corrected chi connectivity index (χ3v) is 5.50. The molecule has 0 saturated carbocycles. The molecule has 3 aromatic rings. The second-order valence-electron chi connectivity index (χ2n) is 5.09. The van der Waals surface area contributed by atoms with Crippen molar-refractivity contribution in [1.82, 2.24) is 3.97 Å². The summed E-state index contributed by atoms with van der Waals surface area (Å²) in [5.41, 5.74) is 0.704. The average Bonchev–Trinajstić information content (AvgIpc) is 2.91. The molecular formula is C17H15NO4S. The molecule has 1 aromatic heterocycles. The first-order chi connectivity index (χ1) is 11.0. The van der Waals surface area contributed by atoms with Gasteiger partial charge in [-0.25, -0.2) is 17.2 Å². The minimum atomic E-state index is -3.99. The molecule has 2 aromatic carbocycles. The lowest BCUT2D eigenvalue weighted by atomic mass is 10.1. The van der Waals surface area contributed by atoms with Gasteiger partial charge in [0.15, 0.2) is 0 Å². The van der Waals surface area contributed by atoms with Crippen LogP contribution in [0.1, 0.15) is 23.0 Å². The first-order valence-electron chi connectivity index (χ1n) is 7.14. The van der Waals surface area contributed by atoms with Crippen LogP contribution in [0.25, 0.3) is 10.9 Å². The largest absolute Gasteiger partial charge is 0.477 e. The van der Waals surface area contributed by atoms with Crippen molar-refractivity contribution in [3.63, 3.8) is 0 Å². The lowest BCUT2D eigenvalue weighted by molar-refractivity contribution is 0.0688. The first kappa shape index (κ1) is 15.3. The Morgan fingerprint density at radius 3 is 2.26 bits per heavy atom. The molecule has 0 saturated heterocycles. The third kappa shape index (κ3) is 2.31. The van der Waals surface area contributed by atoms with E-state index >= 15 is 0 Å². The number of rotatable bonds is 4. The highest BCUT2D eigenvalue weighted by Gasteiger charge is 2.29. The van der Waals surface area contributed by atoms with E-state index in [9.17, 15) is 18.3 Å². The standard InChI is InChI=1S/C17H15NO4S/c1-2-13-14-10-6-7-11-15(14)18(16(13)17(19)20)23(21,22)12-8-4-3-5-9-12/h3-11H,2H2,1H3,(H,19,20). The summed E-state index contributed by atoms with van der Waals surface area (Å²) in [5, 5.41) is 10.2.